The molecule has 1 heterocycles. The first-order valence-electron chi connectivity index (χ1n) is 7.17. The van der Waals surface area contributed by atoms with Gasteiger partial charge in [0, 0.05) is 22.8 Å². The van der Waals surface area contributed by atoms with Crippen LogP contribution in [-0.4, -0.2) is 21.9 Å². The van der Waals surface area contributed by atoms with Crippen LogP contribution in [0.4, 0.5) is 11.5 Å². The predicted octanol–water partition coefficient (Wildman–Crippen LogP) is 3.71. The van der Waals surface area contributed by atoms with Gasteiger partial charge in [-0.2, -0.15) is 0 Å². The van der Waals surface area contributed by atoms with E-state index in [-0.39, 0.29) is 11.9 Å². The lowest BCUT2D eigenvalue weighted by Crippen LogP contribution is -2.32. The normalized spacial score (nSPS) is 11.8. The second-order valence-electron chi connectivity index (χ2n) is 5.10. The van der Waals surface area contributed by atoms with Gasteiger partial charge in [0.15, 0.2) is 0 Å². The Bertz CT molecular complexity index is 675. The van der Waals surface area contributed by atoms with Gasteiger partial charge in [-0.1, -0.05) is 24.6 Å². The molecule has 0 radical (unpaired) electrons. The smallest absolute Gasteiger partial charge is 0.270 e. The van der Waals surface area contributed by atoms with Crippen molar-refractivity contribution < 1.29 is 4.79 Å². The minimum Gasteiger partial charge on any atom is -0.348 e. The number of nitrogens with zero attached hydrogens (tertiary/aromatic N) is 2. The number of carbonyl (C=O) groups excluding carboxylic acids is 1. The van der Waals surface area contributed by atoms with Crippen LogP contribution < -0.4 is 10.6 Å². The molecule has 0 saturated heterocycles. The van der Waals surface area contributed by atoms with Crippen molar-refractivity contribution in [3.8, 4) is 0 Å². The lowest BCUT2D eigenvalue weighted by molar-refractivity contribution is 0.0934. The van der Waals surface area contributed by atoms with Crippen LogP contribution in [0.5, 0.6) is 0 Å². The quantitative estimate of drug-likeness (QED) is 0.882. The zero-order valence-corrected chi connectivity index (χ0v) is 13.6. The number of benzene rings is 1. The molecule has 2 aromatic rings. The van der Waals surface area contributed by atoms with Crippen molar-refractivity contribution in [3.63, 3.8) is 0 Å². The van der Waals surface area contributed by atoms with Crippen LogP contribution in [0.15, 0.2) is 30.3 Å². The second-order valence-corrected chi connectivity index (χ2v) is 5.54. The molecule has 0 aliphatic rings. The monoisotopic (exact) mass is 318 g/mol. The fraction of sp³-hybridized carbons (Fsp3) is 0.312. The number of hydrogen-bond acceptors (Lipinski definition) is 4. The van der Waals surface area contributed by atoms with Crippen molar-refractivity contribution in [2.24, 2.45) is 0 Å². The van der Waals surface area contributed by atoms with E-state index in [9.17, 15) is 4.79 Å². The first-order chi connectivity index (χ1) is 10.5. The van der Waals surface area contributed by atoms with Gasteiger partial charge in [-0.25, -0.2) is 9.97 Å². The Morgan fingerprint density at radius 2 is 2.09 bits per heavy atom. The SMILES string of the molecule is CCC(C)NC(=O)c1cc(Nc2cccc(Cl)c2)nc(C)n1. The first kappa shape index (κ1) is 16.2. The molecule has 1 unspecified atom stereocenters. The summed E-state index contributed by atoms with van der Waals surface area (Å²) in [5.74, 6) is 0.888. The predicted molar refractivity (Wildman–Crippen MR) is 88.7 cm³/mol. The van der Waals surface area contributed by atoms with E-state index in [2.05, 4.69) is 20.6 Å². The van der Waals surface area contributed by atoms with Crippen LogP contribution in [-0.2, 0) is 0 Å². The number of anilines is 2. The summed E-state index contributed by atoms with van der Waals surface area (Å²) < 4.78 is 0. The molecule has 0 aliphatic heterocycles. The Labute approximate surface area is 135 Å². The summed E-state index contributed by atoms with van der Waals surface area (Å²) in [5, 5.41) is 6.66. The lowest BCUT2D eigenvalue weighted by Gasteiger charge is -2.12. The Hall–Kier alpha value is -2.14. The van der Waals surface area contributed by atoms with Gasteiger partial charge in [0.1, 0.15) is 17.3 Å². The van der Waals surface area contributed by atoms with Crippen molar-refractivity contribution in [3.05, 3.63) is 46.9 Å². The van der Waals surface area contributed by atoms with E-state index in [0.29, 0.717) is 22.4 Å². The molecule has 116 valence electrons. The number of nitrogens with one attached hydrogen (secondary N) is 2. The van der Waals surface area contributed by atoms with Gasteiger partial charge < -0.3 is 10.6 Å². The second kappa shape index (κ2) is 7.22. The Kier molecular flexibility index (Phi) is 5.33. The van der Waals surface area contributed by atoms with Crippen LogP contribution in [0.3, 0.4) is 0 Å². The summed E-state index contributed by atoms with van der Waals surface area (Å²) in [5.41, 5.74) is 1.15. The van der Waals surface area contributed by atoms with Gasteiger partial charge in [0.05, 0.1) is 0 Å². The molecule has 2 rings (SSSR count). The number of carbonyl (C=O) groups is 1. The van der Waals surface area contributed by atoms with E-state index < -0.39 is 0 Å². The molecular formula is C16H19ClN4O. The average Bonchev–Trinajstić information content (AvgIpc) is 2.46. The molecule has 2 N–H and O–H groups in total. The Balaban J connectivity index is 2.21. The van der Waals surface area contributed by atoms with E-state index in [0.717, 1.165) is 12.1 Å². The molecule has 22 heavy (non-hydrogen) atoms. The van der Waals surface area contributed by atoms with E-state index in [1.807, 2.05) is 26.0 Å². The lowest BCUT2D eigenvalue weighted by atomic mass is 10.2. The van der Waals surface area contributed by atoms with Gasteiger partial charge in [0.25, 0.3) is 5.91 Å². The largest absolute Gasteiger partial charge is 0.348 e. The number of aryl methyl sites for hydroxylation is 1. The zero-order valence-electron chi connectivity index (χ0n) is 12.9. The number of hydrogen-bond donors (Lipinski definition) is 2. The molecule has 6 heteroatoms. The maximum Gasteiger partial charge on any atom is 0.270 e. The van der Waals surface area contributed by atoms with Crippen LogP contribution >= 0.6 is 11.6 Å². The highest BCUT2D eigenvalue weighted by Crippen LogP contribution is 2.19. The maximum absolute atomic E-state index is 12.2. The molecule has 1 atom stereocenters. The third-order valence-electron chi connectivity index (χ3n) is 3.16. The summed E-state index contributed by atoms with van der Waals surface area (Å²) >= 11 is 5.96. The summed E-state index contributed by atoms with van der Waals surface area (Å²) in [4.78, 5) is 20.7. The van der Waals surface area contributed by atoms with E-state index in [1.54, 1.807) is 25.1 Å². The van der Waals surface area contributed by atoms with Crippen LogP contribution in [0.25, 0.3) is 0 Å². The number of amides is 1. The van der Waals surface area contributed by atoms with Gasteiger partial charge in [0.2, 0.25) is 0 Å². The van der Waals surface area contributed by atoms with Crippen molar-refractivity contribution in [2.45, 2.75) is 33.2 Å². The van der Waals surface area contributed by atoms with E-state index >= 15 is 0 Å². The molecule has 1 aromatic carbocycles. The van der Waals surface area contributed by atoms with Crippen LogP contribution in [0.1, 0.15) is 36.6 Å². The van der Waals surface area contributed by atoms with Crippen molar-refractivity contribution >= 4 is 29.0 Å². The molecule has 0 fully saturated rings. The van der Waals surface area contributed by atoms with Gasteiger partial charge in [-0.05, 0) is 38.5 Å². The standard InChI is InChI=1S/C16H19ClN4O/c1-4-10(2)18-16(22)14-9-15(20-11(3)19-14)21-13-7-5-6-12(17)8-13/h5-10H,4H2,1-3H3,(H,18,22)(H,19,20,21). The molecular weight excluding hydrogens is 300 g/mol. The molecule has 0 spiro atoms. The minimum absolute atomic E-state index is 0.104. The topological polar surface area (TPSA) is 66.9 Å². The minimum atomic E-state index is -0.200. The first-order valence-corrected chi connectivity index (χ1v) is 7.55. The van der Waals surface area contributed by atoms with E-state index in [1.165, 1.54) is 0 Å². The fourth-order valence-corrected chi connectivity index (χ4v) is 2.05. The van der Waals surface area contributed by atoms with Gasteiger partial charge in [-0.15, -0.1) is 0 Å². The van der Waals surface area contributed by atoms with Crippen molar-refractivity contribution in [1.82, 2.24) is 15.3 Å². The Morgan fingerprint density at radius 1 is 1.32 bits per heavy atom. The number of aromatic nitrogens is 2. The highest BCUT2D eigenvalue weighted by atomic mass is 35.5. The van der Waals surface area contributed by atoms with Gasteiger partial charge in [-0.3, -0.25) is 4.79 Å². The molecule has 1 amide bonds. The molecule has 1 aromatic heterocycles. The maximum atomic E-state index is 12.2. The summed E-state index contributed by atoms with van der Waals surface area (Å²) in [6.07, 6.45) is 0.865. The zero-order chi connectivity index (χ0) is 16.1. The average molecular weight is 319 g/mol. The van der Waals surface area contributed by atoms with Crippen LogP contribution in [0.2, 0.25) is 5.02 Å². The summed E-state index contributed by atoms with van der Waals surface area (Å²) in [6.45, 7) is 5.72. The highest BCUT2D eigenvalue weighted by molar-refractivity contribution is 6.30. The molecule has 5 nitrogen and oxygen atoms in total. The van der Waals surface area contributed by atoms with E-state index in [4.69, 9.17) is 11.6 Å². The molecule has 0 aliphatic carbocycles. The molecule has 0 bridgehead atoms. The van der Waals surface area contributed by atoms with Gasteiger partial charge >= 0.3 is 0 Å². The van der Waals surface area contributed by atoms with Crippen molar-refractivity contribution in [2.75, 3.05) is 5.32 Å². The molecule has 0 saturated carbocycles. The summed E-state index contributed by atoms with van der Waals surface area (Å²) in [6, 6.07) is 9.04. The third-order valence-corrected chi connectivity index (χ3v) is 3.39. The summed E-state index contributed by atoms with van der Waals surface area (Å²) in [7, 11) is 0. The fourth-order valence-electron chi connectivity index (χ4n) is 1.86. The third kappa shape index (κ3) is 4.43. The number of halogens is 1. The number of rotatable bonds is 5. The van der Waals surface area contributed by atoms with Crippen molar-refractivity contribution in [1.29, 1.82) is 0 Å². The highest BCUT2D eigenvalue weighted by Gasteiger charge is 2.12. The van der Waals surface area contributed by atoms with Crippen LogP contribution in [0, 0.1) is 6.92 Å². The Morgan fingerprint density at radius 3 is 2.77 bits per heavy atom.